The number of carbonyl (C=O) groups excluding carboxylic acids is 1. The average Bonchev–Trinajstić information content (AvgIpc) is 3.13. The van der Waals surface area contributed by atoms with E-state index < -0.39 is 5.97 Å². The van der Waals surface area contributed by atoms with E-state index in [0.29, 0.717) is 18.1 Å². The van der Waals surface area contributed by atoms with Crippen LogP contribution in [-0.2, 0) is 9.53 Å². The van der Waals surface area contributed by atoms with Crippen molar-refractivity contribution in [1.82, 2.24) is 20.2 Å². The molecule has 1 aromatic carbocycles. The van der Waals surface area contributed by atoms with Gasteiger partial charge in [-0.2, -0.15) is 5.10 Å². The van der Waals surface area contributed by atoms with Gasteiger partial charge in [0.2, 0.25) is 0 Å². The number of pyridine rings is 1. The van der Waals surface area contributed by atoms with Crippen LogP contribution >= 0.6 is 0 Å². The first-order chi connectivity index (χ1) is 13.1. The van der Waals surface area contributed by atoms with Crippen LogP contribution in [-0.4, -0.2) is 45.3 Å². The van der Waals surface area contributed by atoms with E-state index >= 15 is 0 Å². The number of fused-ring (bicyclic) bond motifs is 1. The summed E-state index contributed by atoms with van der Waals surface area (Å²) in [5.74, 6) is 0.757. The summed E-state index contributed by atoms with van der Waals surface area (Å²) in [6, 6.07) is 9.81. The molecule has 138 valence electrons. The summed E-state index contributed by atoms with van der Waals surface area (Å²) in [6.07, 6.45) is 2.66. The number of anilines is 1. The number of hydrogen-bond acceptors (Lipinski definition) is 6. The highest BCUT2D eigenvalue weighted by atomic mass is 16.5. The summed E-state index contributed by atoms with van der Waals surface area (Å²) in [5, 5.41) is 8.35. The van der Waals surface area contributed by atoms with Gasteiger partial charge in [0.05, 0.1) is 6.54 Å². The van der Waals surface area contributed by atoms with Crippen LogP contribution in [0.25, 0.3) is 22.3 Å². The molecule has 1 fully saturated rings. The van der Waals surface area contributed by atoms with Gasteiger partial charge in [-0.25, -0.2) is 19.7 Å². The number of esters is 1. The molecule has 0 amide bonds. The topological polar surface area (TPSA) is 104 Å². The van der Waals surface area contributed by atoms with Gasteiger partial charge >= 0.3 is 11.7 Å². The Bertz CT molecular complexity index is 1050. The molecule has 0 radical (unpaired) electrons. The molecule has 0 spiro atoms. The predicted molar refractivity (Wildman–Crippen MR) is 101 cm³/mol. The van der Waals surface area contributed by atoms with Gasteiger partial charge in [-0.1, -0.05) is 30.8 Å². The Morgan fingerprint density at radius 1 is 1.37 bits per heavy atom. The van der Waals surface area contributed by atoms with Gasteiger partial charge in [0, 0.05) is 18.0 Å². The molecular weight excluding hydrogens is 346 g/mol. The Morgan fingerprint density at radius 3 is 3.00 bits per heavy atom. The molecule has 1 atom stereocenters. The number of hydrogen-bond donors (Lipinski definition) is 2. The summed E-state index contributed by atoms with van der Waals surface area (Å²) in [4.78, 5) is 32.5. The first-order valence-corrected chi connectivity index (χ1v) is 8.77. The van der Waals surface area contributed by atoms with Gasteiger partial charge in [-0.15, -0.1) is 0 Å². The summed E-state index contributed by atoms with van der Waals surface area (Å²) < 4.78 is 5.43. The van der Waals surface area contributed by atoms with Gasteiger partial charge in [0.15, 0.2) is 5.82 Å². The first-order valence-electron chi connectivity index (χ1n) is 8.77. The Morgan fingerprint density at radius 2 is 2.22 bits per heavy atom. The Balaban J connectivity index is 1.74. The highest BCUT2D eigenvalue weighted by Crippen LogP contribution is 2.30. The SMILES string of the molecule is C=CC(=O)O[C@H]1CCCN(c2nc(-c3n[nH]c(=O)[nH]3)cc3ccccc23)C1. The molecule has 0 saturated carbocycles. The maximum absolute atomic E-state index is 11.6. The van der Waals surface area contributed by atoms with E-state index in [-0.39, 0.29) is 11.8 Å². The lowest BCUT2D eigenvalue weighted by Crippen LogP contribution is -2.41. The van der Waals surface area contributed by atoms with Gasteiger partial charge in [-0.05, 0) is 24.3 Å². The third kappa shape index (κ3) is 3.46. The number of rotatable bonds is 4. The zero-order valence-corrected chi connectivity index (χ0v) is 14.6. The number of aromatic nitrogens is 4. The average molecular weight is 365 g/mol. The van der Waals surface area contributed by atoms with Crippen LogP contribution in [0.15, 0.2) is 47.8 Å². The molecule has 1 saturated heterocycles. The monoisotopic (exact) mass is 365 g/mol. The van der Waals surface area contributed by atoms with Gasteiger partial charge in [0.25, 0.3) is 0 Å². The largest absolute Gasteiger partial charge is 0.457 e. The molecule has 3 aromatic rings. The van der Waals surface area contributed by atoms with E-state index in [1.165, 1.54) is 6.08 Å². The fourth-order valence-corrected chi connectivity index (χ4v) is 3.37. The standard InChI is InChI=1S/C19H19N5O3/c1-2-16(25)27-13-7-5-9-24(11-13)18-14-8-4-3-6-12(14)10-15(20-18)17-21-19(26)23-22-17/h2-4,6,8,10,13H,1,5,7,9,11H2,(H2,21,22,23,26)/t13-/m0/s1. The fraction of sp³-hybridized carbons (Fsp3) is 0.263. The van der Waals surface area contributed by atoms with E-state index in [0.717, 1.165) is 36.0 Å². The van der Waals surface area contributed by atoms with Crippen molar-refractivity contribution in [2.45, 2.75) is 18.9 Å². The third-order valence-electron chi connectivity index (χ3n) is 4.59. The Labute approximate surface area is 154 Å². The highest BCUT2D eigenvalue weighted by Gasteiger charge is 2.25. The summed E-state index contributed by atoms with van der Waals surface area (Å²) in [6.45, 7) is 4.81. The van der Waals surface area contributed by atoms with Crippen LogP contribution in [0, 0.1) is 0 Å². The van der Waals surface area contributed by atoms with Crippen LogP contribution in [0.3, 0.4) is 0 Å². The van der Waals surface area contributed by atoms with Crippen molar-refractivity contribution in [3.05, 3.63) is 53.5 Å². The van der Waals surface area contributed by atoms with E-state index in [4.69, 9.17) is 9.72 Å². The number of piperidine rings is 1. The number of aromatic amines is 2. The highest BCUT2D eigenvalue weighted by molar-refractivity contribution is 5.94. The molecule has 0 bridgehead atoms. The van der Waals surface area contributed by atoms with E-state index in [9.17, 15) is 9.59 Å². The minimum absolute atomic E-state index is 0.210. The number of nitrogens with one attached hydrogen (secondary N) is 2. The van der Waals surface area contributed by atoms with E-state index in [1.54, 1.807) is 0 Å². The minimum atomic E-state index is -0.414. The normalized spacial score (nSPS) is 17.0. The number of benzene rings is 1. The fourth-order valence-electron chi connectivity index (χ4n) is 3.37. The van der Waals surface area contributed by atoms with Crippen LogP contribution in [0.4, 0.5) is 5.82 Å². The van der Waals surface area contributed by atoms with Crippen molar-refractivity contribution in [3.63, 3.8) is 0 Å². The van der Waals surface area contributed by atoms with Gasteiger partial charge in [-0.3, -0.25) is 4.98 Å². The Hall–Kier alpha value is -3.42. The first kappa shape index (κ1) is 17.0. The third-order valence-corrected chi connectivity index (χ3v) is 4.59. The molecule has 27 heavy (non-hydrogen) atoms. The van der Waals surface area contributed by atoms with E-state index in [2.05, 4.69) is 26.7 Å². The molecule has 4 rings (SSSR count). The van der Waals surface area contributed by atoms with E-state index in [1.807, 2.05) is 30.3 Å². The lowest BCUT2D eigenvalue weighted by molar-refractivity contribution is -0.143. The van der Waals surface area contributed by atoms with Crippen molar-refractivity contribution in [1.29, 1.82) is 0 Å². The van der Waals surface area contributed by atoms with Crippen molar-refractivity contribution >= 4 is 22.6 Å². The van der Waals surface area contributed by atoms with Crippen LogP contribution in [0.5, 0.6) is 0 Å². The molecule has 2 N–H and O–H groups in total. The summed E-state index contributed by atoms with van der Waals surface area (Å²) >= 11 is 0. The van der Waals surface area contributed by atoms with Crippen molar-refractivity contribution < 1.29 is 9.53 Å². The molecule has 0 unspecified atom stereocenters. The van der Waals surface area contributed by atoms with Crippen molar-refractivity contribution in [2.24, 2.45) is 0 Å². The second-order valence-electron chi connectivity index (χ2n) is 6.43. The van der Waals surface area contributed by atoms with Crippen LogP contribution in [0.1, 0.15) is 12.8 Å². The van der Waals surface area contributed by atoms with Gasteiger partial charge < -0.3 is 9.64 Å². The Kier molecular flexibility index (Phi) is 4.45. The second kappa shape index (κ2) is 7.06. The van der Waals surface area contributed by atoms with Crippen molar-refractivity contribution in [3.8, 4) is 11.5 Å². The van der Waals surface area contributed by atoms with Crippen LogP contribution < -0.4 is 10.6 Å². The van der Waals surface area contributed by atoms with Crippen LogP contribution in [0.2, 0.25) is 0 Å². The second-order valence-corrected chi connectivity index (χ2v) is 6.43. The molecule has 0 aliphatic carbocycles. The number of nitrogens with zero attached hydrogens (tertiary/aromatic N) is 3. The van der Waals surface area contributed by atoms with Crippen molar-refractivity contribution in [2.75, 3.05) is 18.0 Å². The smallest absolute Gasteiger partial charge is 0.340 e. The zero-order chi connectivity index (χ0) is 18.8. The molecule has 8 nitrogen and oxygen atoms in total. The molecule has 1 aliphatic heterocycles. The predicted octanol–water partition coefficient (Wildman–Crippen LogP) is 2.01. The maximum Gasteiger partial charge on any atom is 0.340 e. The number of ether oxygens (including phenoxy) is 1. The summed E-state index contributed by atoms with van der Waals surface area (Å²) in [7, 11) is 0. The van der Waals surface area contributed by atoms with Gasteiger partial charge in [0.1, 0.15) is 17.6 Å². The molecule has 8 heteroatoms. The quantitative estimate of drug-likeness (QED) is 0.541. The summed E-state index contributed by atoms with van der Waals surface area (Å²) in [5.41, 5.74) is 0.197. The molecule has 2 aromatic heterocycles. The minimum Gasteiger partial charge on any atom is -0.457 e. The molecular formula is C19H19N5O3. The number of H-pyrrole nitrogens is 2. The maximum atomic E-state index is 11.6. The number of carbonyl (C=O) groups is 1. The zero-order valence-electron chi connectivity index (χ0n) is 14.6. The lowest BCUT2D eigenvalue weighted by atomic mass is 10.1. The molecule has 3 heterocycles. The molecule has 1 aliphatic rings. The lowest BCUT2D eigenvalue weighted by Gasteiger charge is -2.33.